The summed E-state index contributed by atoms with van der Waals surface area (Å²) in [5.74, 6) is 0. The van der Waals surface area contributed by atoms with Gasteiger partial charge in [-0.15, -0.1) is 0 Å². The van der Waals surface area contributed by atoms with E-state index in [1.807, 2.05) is 35.3 Å². The molecule has 0 bridgehead atoms. The molecular formula is C10H11ClN2. The summed E-state index contributed by atoms with van der Waals surface area (Å²) in [7, 11) is 0. The number of hydrogen-bond donors (Lipinski definition) is 0. The van der Waals surface area contributed by atoms with Crippen molar-refractivity contribution in [2.24, 2.45) is 5.10 Å². The molecule has 0 radical (unpaired) electrons. The maximum atomic E-state index is 5.87. The predicted octanol–water partition coefficient (Wildman–Crippen LogP) is 2.84. The standard InChI is InChI=1S/C10H11ClN2/c11-10-7-4-8-13(12-10)9-5-2-1-3-6-9/h1-3,5-6H,4,7-8H2. The third kappa shape index (κ3) is 2.01. The number of hydrazone groups is 1. The second-order valence-corrected chi connectivity index (χ2v) is 3.47. The highest BCUT2D eigenvalue weighted by atomic mass is 35.5. The maximum Gasteiger partial charge on any atom is 0.126 e. The molecule has 1 aliphatic rings. The maximum absolute atomic E-state index is 5.87. The molecule has 0 spiro atoms. The van der Waals surface area contributed by atoms with Crippen LogP contribution in [0.3, 0.4) is 0 Å². The van der Waals surface area contributed by atoms with Crippen LogP contribution in [-0.2, 0) is 0 Å². The first-order chi connectivity index (χ1) is 6.36. The molecule has 0 aliphatic carbocycles. The molecule has 0 saturated heterocycles. The summed E-state index contributed by atoms with van der Waals surface area (Å²) in [6, 6.07) is 10.1. The number of hydrogen-bond acceptors (Lipinski definition) is 2. The third-order valence-electron chi connectivity index (χ3n) is 2.04. The van der Waals surface area contributed by atoms with E-state index in [0.717, 1.165) is 25.1 Å². The molecule has 1 aromatic rings. The van der Waals surface area contributed by atoms with Crippen molar-refractivity contribution in [1.82, 2.24) is 0 Å². The number of nitrogens with zero attached hydrogens (tertiary/aromatic N) is 2. The van der Waals surface area contributed by atoms with E-state index in [-0.39, 0.29) is 0 Å². The van der Waals surface area contributed by atoms with Gasteiger partial charge in [0.15, 0.2) is 0 Å². The fourth-order valence-electron chi connectivity index (χ4n) is 1.39. The van der Waals surface area contributed by atoms with Crippen molar-refractivity contribution >= 4 is 22.5 Å². The molecule has 0 saturated carbocycles. The summed E-state index contributed by atoms with van der Waals surface area (Å²) < 4.78 is 0. The summed E-state index contributed by atoms with van der Waals surface area (Å²) in [5, 5.41) is 6.92. The van der Waals surface area contributed by atoms with Gasteiger partial charge in [0.2, 0.25) is 0 Å². The fraction of sp³-hybridized carbons (Fsp3) is 0.300. The third-order valence-corrected chi connectivity index (χ3v) is 2.30. The number of anilines is 1. The van der Waals surface area contributed by atoms with Gasteiger partial charge in [0.1, 0.15) is 5.17 Å². The molecule has 0 atom stereocenters. The molecule has 0 aromatic heterocycles. The molecular weight excluding hydrogens is 184 g/mol. The van der Waals surface area contributed by atoms with Crippen LogP contribution in [0.5, 0.6) is 0 Å². The smallest absolute Gasteiger partial charge is 0.126 e. The quantitative estimate of drug-likeness (QED) is 0.671. The Morgan fingerprint density at radius 3 is 2.69 bits per heavy atom. The fourth-order valence-corrected chi connectivity index (χ4v) is 1.62. The minimum absolute atomic E-state index is 0.704. The Bertz CT molecular complexity index is 308. The van der Waals surface area contributed by atoms with Crippen molar-refractivity contribution in [1.29, 1.82) is 0 Å². The van der Waals surface area contributed by atoms with E-state index < -0.39 is 0 Å². The van der Waals surface area contributed by atoms with Crippen LogP contribution in [0, 0.1) is 0 Å². The Morgan fingerprint density at radius 1 is 1.23 bits per heavy atom. The van der Waals surface area contributed by atoms with Crippen LogP contribution in [-0.4, -0.2) is 11.7 Å². The molecule has 1 heterocycles. The van der Waals surface area contributed by atoms with E-state index >= 15 is 0 Å². The van der Waals surface area contributed by atoms with E-state index in [1.54, 1.807) is 0 Å². The van der Waals surface area contributed by atoms with E-state index in [1.165, 1.54) is 0 Å². The highest BCUT2D eigenvalue weighted by Gasteiger charge is 2.10. The van der Waals surface area contributed by atoms with Gasteiger partial charge in [0.05, 0.1) is 5.69 Å². The zero-order valence-electron chi connectivity index (χ0n) is 7.28. The average molecular weight is 195 g/mol. The molecule has 0 amide bonds. The lowest BCUT2D eigenvalue weighted by atomic mass is 10.2. The molecule has 13 heavy (non-hydrogen) atoms. The summed E-state index contributed by atoms with van der Waals surface area (Å²) in [6.45, 7) is 0.959. The van der Waals surface area contributed by atoms with Crippen LogP contribution in [0.25, 0.3) is 0 Å². The molecule has 0 unspecified atom stereocenters. The van der Waals surface area contributed by atoms with E-state index in [9.17, 15) is 0 Å². The Hall–Kier alpha value is -1.02. The van der Waals surface area contributed by atoms with Crippen LogP contribution >= 0.6 is 11.6 Å². The van der Waals surface area contributed by atoms with Gasteiger partial charge >= 0.3 is 0 Å². The summed E-state index contributed by atoms with van der Waals surface area (Å²) in [4.78, 5) is 0. The van der Waals surface area contributed by atoms with Gasteiger partial charge in [0.25, 0.3) is 0 Å². The minimum atomic E-state index is 0.704. The molecule has 2 nitrogen and oxygen atoms in total. The normalized spacial score (nSPS) is 17.0. The second kappa shape index (κ2) is 3.79. The molecule has 0 fully saturated rings. The number of halogens is 1. The predicted molar refractivity (Wildman–Crippen MR) is 56.3 cm³/mol. The first-order valence-corrected chi connectivity index (χ1v) is 4.79. The molecule has 3 heteroatoms. The highest BCUT2D eigenvalue weighted by Crippen LogP contribution is 2.18. The molecule has 1 aliphatic heterocycles. The Morgan fingerprint density at radius 2 is 2.00 bits per heavy atom. The summed E-state index contributed by atoms with van der Waals surface area (Å²) >= 11 is 5.87. The second-order valence-electron chi connectivity index (χ2n) is 3.04. The van der Waals surface area contributed by atoms with Crippen molar-refractivity contribution in [2.75, 3.05) is 11.6 Å². The minimum Gasteiger partial charge on any atom is -0.264 e. The highest BCUT2D eigenvalue weighted by molar-refractivity contribution is 6.65. The van der Waals surface area contributed by atoms with Gasteiger partial charge in [-0.1, -0.05) is 29.8 Å². The van der Waals surface area contributed by atoms with Crippen molar-refractivity contribution in [3.63, 3.8) is 0 Å². The van der Waals surface area contributed by atoms with Gasteiger partial charge in [-0.3, -0.25) is 5.01 Å². The molecule has 68 valence electrons. The van der Waals surface area contributed by atoms with Crippen LogP contribution in [0.4, 0.5) is 5.69 Å². The summed E-state index contributed by atoms with van der Waals surface area (Å²) in [5.41, 5.74) is 1.11. The SMILES string of the molecule is ClC1=NN(c2ccccc2)CCC1. The summed E-state index contributed by atoms with van der Waals surface area (Å²) in [6.07, 6.45) is 1.99. The van der Waals surface area contributed by atoms with Crippen LogP contribution < -0.4 is 5.01 Å². The van der Waals surface area contributed by atoms with E-state index in [0.29, 0.717) is 5.17 Å². The van der Waals surface area contributed by atoms with Crippen LogP contribution in [0.15, 0.2) is 35.4 Å². The van der Waals surface area contributed by atoms with Gasteiger partial charge in [-0.25, -0.2) is 0 Å². The van der Waals surface area contributed by atoms with Gasteiger partial charge in [0, 0.05) is 13.0 Å². The van der Waals surface area contributed by atoms with Crippen molar-refractivity contribution in [3.8, 4) is 0 Å². The average Bonchev–Trinajstić information content (AvgIpc) is 2.19. The largest absolute Gasteiger partial charge is 0.264 e. The number of rotatable bonds is 1. The monoisotopic (exact) mass is 194 g/mol. The Balaban J connectivity index is 2.22. The van der Waals surface area contributed by atoms with Crippen LogP contribution in [0.2, 0.25) is 0 Å². The zero-order valence-corrected chi connectivity index (χ0v) is 8.04. The first-order valence-electron chi connectivity index (χ1n) is 4.42. The Labute approximate surface area is 82.8 Å². The number of benzene rings is 1. The van der Waals surface area contributed by atoms with E-state index in [4.69, 9.17) is 11.6 Å². The lowest BCUT2D eigenvalue weighted by molar-refractivity contribution is 0.747. The van der Waals surface area contributed by atoms with Gasteiger partial charge in [-0.05, 0) is 18.6 Å². The van der Waals surface area contributed by atoms with Gasteiger partial charge in [-0.2, -0.15) is 5.10 Å². The number of para-hydroxylation sites is 1. The zero-order chi connectivity index (χ0) is 9.10. The Kier molecular flexibility index (Phi) is 2.50. The van der Waals surface area contributed by atoms with Crippen molar-refractivity contribution in [2.45, 2.75) is 12.8 Å². The van der Waals surface area contributed by atoms with Crippen molar-refractivity contribution in [3.05, 3.63) is 30.3 Å². The lowest BCUT2D eigenvalue weighted by Crippen LogP contribution is -2.23. The first kappa shape index (κ1) is 8.57. The van der Waals surface area contributed by atoms with Crippen LogP contribution in [0.1, 0.15) is 12.8 Å². The molecule has 2 rings (SSSR count). The molecule has 1 aromatic carbocycles. The molecule has 0 N–H and O–H groups in total. The van der Waals surface area contributed by atoms with Gasteiger partial charge < -0.3 is 0 Å². The topological polar surface area (TPSA) is 15.6 Å². The van der Waals surface area contributed by atoms with E-state index in [2.05, 4.69) is 5.10 Å². The van der Waals surface area contributed by atoms with Crippen molar-refractivity contribution < 1.29 is 0 Å². The lowest BCUT2D eigenvalue weighted by Gasteiger charge is -2.23.